The highest BCUT2D eigenvalue weighted by Gasteiger charge is 1.95. The van der Waals surface area contributed by atoms with E-state index in [2.05, 4.69) is 43.4 Å². The van der Waals surface area contributed by atoms with Crippen LogP contribution in [0.15, 0.2) is 24.3 Å². The third-order valence-corrected chi connectivity index (χ3v) is 3.63. The first-order valence-corrected chi connectivity index (χ1v) is 8.19. The minimum atomic E-state index is 1.11. The Morgan fingerprint density at radius 2 is 1.37 bits per heavy atom. The van der Waals surface area contributed by atoms with E-state index in [0.717, 1.165) is 6.54 Å². The summed E-state index contributed by atoms with van der Waals surface area (Å²) >= 11 is 0. The molecule has 1 rings (SSSR count). The van der Waals surface area contributed by atoms with E-state index in [1.54, 1.807) is 0 Å². The monoisotopic (exact) mass is 261 g/mol. The van der Waals surface area contributed by atoms with Crippen molar-refractivity contribution in [3.63, 3.8) is 0 Å². The van der Waals surface area contributed by atoms with Crippen LogP contribution in [0.4, 0.5) is 5.69 Å². The van der Waals surface area contributed by atoms with Crippen molar-refractivity contribution in [2.24, 2.45) is 0 Å². The lowest BCUT2D eigenvalue weighted by Gasteiger charge is -2.07. The number of benzene rings is 1. The van der Waals surface area contributed by atoms with Gasteiger partial charge < -0.3 is 5.32 Å². The molecule has 0 amide bonds. The van der Waals surface area contributed by atoms with Gasteiger partial charge in [-0.25, -0.2) is 0 Å². The number of aryl methyl sites for hydroxylation is 1. The summed E-state index contributed by atoms with van der Waals surface area (Å²) in [7, 11) is 0. The smallest absolute Gasteiger partial charge is 0.0340 e. The molecule has 0 heterocycles. The summed E-state index contributed by atoms with van der Waals surface area (Å²) in [6, 6.07) is 8.97. The third kappa shape index (κ3) is 7.92. The molecule has 0 aliphatic carbocycles. The molecule has 1 N–H and O–H groups in total. The van der Waals surface area contributed by atoms with Crippen LogP contribution in [0.2, 0.25) is 0 Å². The predicted molar refractivity (Wildman–Crippen MR) is 86.9 cm³/mol. The van der Waals surface area contributed by atoms with E-state index in [4.69, 9.17) is 0 Å². The Bertz CT molecular complexity index is 302. The van der Waals surface area contributed by atoms with Gasteiger partial charge in [0.1, 0.15) is 0 Å². The van der Waals surface area contributed by atoms with Crippen LogP contribution in [0.25, 0.3) is 0 Å². The molecule has 1 nitrogen and oxygen atoms in total. The predicted octanol–water partition coefficient (Wildman–Crippen LogP) is 5.80. The molecule has 0 radical (unpaired) electrons. The van der Waals surface area contributed by atoms with Gasteiger partial charge in [0, 0.05) is 12.2 Å². The minimum Gasteiger partial charge on any atom is -0.385 e. The van der Waals surface area contributed by atoms with Crippen LogP contribution in [0.5, 0.6) is 0 Å². The van der Waals surface area contributed by atoms with Crippen LogP contribution in [0, 0.1) is 0 Å². The first kappa shape index (κ1) is 16.1. The number of nitrogens with one attached hydrogen (secondary N) is 1. The minimum absolute atomic E-state index is 1.11. The summed E-state index contributed by atoms with van der Waals surface area (Å²) in [6.45, 7) is 5.63. The van der Waals surface area contributed by atoms with Crippen LogP contribution in [0.1, 0.15) is 70.8 Å². The lowest BCUT2D eigenvalue weighted by molar-refractivity contribution is 0.617. The van der Waals surface area contributed by atoms with E-state index < -0.39 is 0 Å². The van der Waals surface area contributed by atoms with E-state index in [-0.39, 0.29) is 0 Å². The quantitative estimate of drug-likeness (QED) is 0.496. The van der Waals surface area contributed by atoms with Crippen molar-refractivity contribution in [1.29, 1.82) is 0 Å². The van der Waals surface area contributed by atoms with Crippen molar-refractivity contribution in [3.8, 4) is 0 Å². The molecule has 0 aliphatic rings. The lowest BCUT2D eigenvalue weighted by Crippen LogP contribution is -2.01. The topological polar surface area (TPSA) is 12.0 Å². The summed E-state index contributed by atoms with van der Waals surface area (Å²) < 4.78 is 0. The molecule has 0 atom stereocenters. The fraction of sp³-hybridized carbons (Fsp3) is 0.667. The van der Waals surface area contributed by atoms with Crippen molar-refractivity contribution in [3.05, 3.63) is 29.8 Å². The molecule has 1 aromatic carbocycles. The number of hydrogen-bond donors (Lipinski definition) is 1. The zero-order chi connectivity index (χ0) is 13.8. The van der Waals surface area contributed by atoms with Crippen LogP contribution in [-0.4, -0.2) is 6.54 Å². The summed E-state index contributed by atoms with van der Waals surface area (Å²) in [5, 5.41) is 3.52. The average Bonchev–Trinajstić information content (AvgIpc) is 2.45. The normalized spacial score (nSPS) is 10.6. The average molecular weight is 261 g/mol. The largest absolute Gasteiger partial charge is 0.385 e. The molecule has 1 heteroatoms. The van der Waals surface area contributed by atoms with E-state index >= 15 is 0 Å². The number of unbranched alkanes of at least 4 members (excludes halogenated alkanes) is 6. The molecule has 1 aromatic rings. The van der Waals surface area contributed by atoms with Gasteiger partial charge in [0.25, 0.3) is 0 Å². The van der Waals surface area contributed by atoms with Gasteiger partial charge in [0.05, 0.1) is 0 Å². The molecule has 0 fully saturated rings. The summed E-state index contributed by atoms with van der Waals surface area (Å²) in [5.41, 5.74) is 2.74. The van der Waals surface area contributed by atoms with E-state index in [0.29, 0.717) is 0 Å². The van der Waals surface area contributed by atoms with Gasteiger partial charge in [-0.05, 0) is 37.0 Å². The second-order valence-electron chi connectivity index (χ2n) is 5.50. The molecule has 0 bridgehead atoms. The van der Waals surface area contributed by atoms with Gasteiger partial charge in [0.15, 0.2) is 0 Å². The van der Waals surface area contributed by atoms with Gasteiger partial charge in [-0.2, -0.15) is 0 Å². The van der Waals surface area contributed by atoms with Crippen LogP contribution in [-0.2, 0) is 6.42 Å². The highest BCUT2D eigenvalue weighted by Crippen LogP contribution is 2.12. The van der Waals surface area contributed by atoms with Gasteiger partial charge in [0.2, 0.25) is 0 Å². The summed E-state index contributed by atoms with van der Waals surface area (Å²) in [6.07, 6.45) is 12.0. The van der Waals surface area contributed by atoms with Crippen molar-refractivity contribution in [2.75, 3.05) is 11.9 Å². The van der Waals surface area contributed by atoms with Crippen molar-refractivity contribution >= 4 is 5.69 Å². The molecular weight excluding hydrogens is 230 g/mol. The highest BCUT2D eigenvalue weighted by atomic mass is 14.9. The Morgan fingerprint density at radius 1 is 0.737 bits per heavy atom. The molecule has 0 aromatic heterocycles. The zero-order valence-corrected chi connectivity index (χ0v) is 12.9. The van der Waals surface area contributed by atoms with Gasteiger partial charge in [-0.15, -0.1) is 0 Å². The Labute approximate surface area is 119 Å². The maximum Gasteiger partial charge on any atom is 0.0340 e. The van der Waals surface area contributed by atoms with Crippen molar-refractivity contribution < 1.29 is 0 Å². The lowest BCUT2D eigenvalue weighted by atomic mass is 10.1. The van der Waals surface area contributed by atoms with Crippen LogP contribution in [0.3, 0.4) is 0 Å². The molecule has 0 spiro atoms. The molecule has 108 valence electrons. The van der Waals surface area contributed by atoms with E-state index in [1.807, 2.05) is 0 Å². The van der Waals surface area contributed by atoms with Crippen molar-refractivity contribution in [1.82, 2.24) is 0 Å². The molecule has 0 unspecified atom stereocenters. The Hall–Kier alpha value is -0.980. The Kier molecular flexibility index (Phi) is 9.22. The number of hydrogen-bond acceptors (Lipinski definition) is 1. The summed E-state index contributed by atoms with van der Waals surface area (Å²) in [5.74, 6) is 0. The Balaban J connectivity index is 2.09. The zero-order valence-electron chi connectivity index (χ0n) is 12.9. The van der Waals surface area contributed by atoms with Crippen molar-refractivity contribution in [2.45, 2.75) is 71.6 Å². The second-order valence-corrected chi connectivity index (χ2v) is 5.50. The van der Waals surface area contributed by atoms with E-state index in [1.165, 1.54) is 69.0 Å². The molecule has 19 heavy (non-hydrogen) atoms. The number of anilines is 1. The maximum absolute atomic E-state index is 3.52. The third-order valence-electron chi connectivity index (χ3n) is 3.63. The fourth-order valence-corrected chi connectivity index (χ4v) is 2.31. The summed E-state index contributed by atoms with van der Waals surface area (Å²) in [4.78, 5) is 0. The highest BCUT2D eigenvalue weighted by molar-refractivity contribution is 5.44. The van der Waals surface area contributed by atoms with E-state index in [9.17, 15) is 0 Å². The van der Waals surface area contributed by atoms with Gasteiger partial charge >= 0.3 is 0 Å². The molecule has 0 saturated heterocycles. The maximum atomic E-state index is 3.52. The van der Waals surface area contributed by atoms with Crippen LogP contribution < -0.4 is 5.32 Å². The molecular formula is C18H31N. The molecule has 0 saturated carbocycles. The van der Waals surface area contributed by atoms with Gasteiger partial charge in [-0.3, -0.25) is 0 Å². The first-order valence-electron chi connectivity index (χ1n) is 8.19. The van der Waals surface area contributed by atoms with Crippen LogP contribution >= 0.6 is 0 Å². The Morgan fingerprint density at radius 3 is 2.05 bits per heavy atom. The first-order chi connectivity index (χ1) is 9.36. The van der Waals surface area contributed by atoms with Gasteiger partial charge in [-0.1, -0.05) is 64.5 Å². The molecule has 0 aliphatic heterocycles. The standard InChI is InChI=1S/C18H31N/c1-3-5-7-8-9-10-16-19-18-14-12-17(13-15-18)11-6-4-2/h12-15,19H,3-11,16H2,1-2H3. The number of rotatable bonds is 11. The fourth-order valence-electron chi connectivity index (χ4n) is 2.31. The SMILES string of the molecule is CCCCCCCCNc1ccc(CCCC)cc1. The second kappa shape index (κ2) is 10.9.